The number of carbonyl (C=O) groups is 1. The van der Waals surface area contributed by atoms with Crippen LogP contribution in [0.3, 0.4) is 0 Å². The average molecular weight is 259 g/mol. The summed E-state index contributed by atoms with van der Waals surface area (Å²) in [5.74, 6) is 0.650. The van der Waals surface area contributed by atoms with Gasteiger partial charge in [0.2, 0.25) is 5.91 Å². The second-order valence-electron chi connectivity index (χ2n) is 4.56. The highest BCUT2D eigenvalue weighted by Crippen LogP contribution is 2.20. The Hall–Kier alpha value is -2.06. The lowest BCUT2D eigenvalue weighted by Gasteiger charge is -2.18. The van der Waals surface area contributed by atoms with E-state index in [4.69, 9.17) is 10.00 Å². The first-order valence-electron chi connectivity index (χ1n) is 6.29. The van der Waals surface area contributed by atoms with E-state index in [-0.39, 0.29) is 5.91 Å². The van der Waals surface area contributed by atoms with Crippen molar-refractivity contribution in [1.29, 1.82) is 5.26 Å². The van der Waals surface area contributed by atoms with E-state index >= 15 is 0 Å². The minimum atomic E-state index is 0.0677. The third kappa shape index (κ3) is 3.46. The van der Waals surface area contributed by atoms with E-state index in [9.17, 15) is 4.79 Å². The third-order valence-electron chi connectivity index (χ3n) is 3.13. The van der Waals surface area contributed by atoms with Gasteiger partial charge in [-0.05, 0) is 24.1 Å². The fraction of sp³-hybridized carbons (Fsp3) is 0.429. The molecule has 19 heavy (non-hydrogen) atoms. The first-order chi connectivity index (χ1) is 9.22. The fourth-order valence-corrected chi connectivity index (χ4v) is 2.19. The van der Waals surface area contributed by atoms with Gasteiger partial charge in [-0.15, -0.1) is 0 Å². The van der Waals surface area contributed by atoms with Crippen molar-refractivity contribution in [1.82, 2.24) is 10.2 Å². The van der Waals surface area contributed by atoms with Gasteiger partial charge in [0.15, 0.2) is 0 Å². The number of nitriles is 1. The molecular formula is C14H17N3O2. The molecule has 0 atom stereocenters. The maximum Gasteiger partial charge on any atom is 0.234 e. The highest BCUT2D eigenvalue weighted by atomic mass is 16.5. The molecule has 0 saturated carbocycles. The van der Waals surface area contributed by atoms with Crippen molar-refractivity contribution in [3.8, 4) is 11.8 Å². The second kappa shape index (κ2) is 6.21. The monoisotopic (exact) mass is 259 g/mol. The summed E-state index contributed by atoms with van der Waals surface area (Å²) in [6, 6.07) is 7.62. The van der Waals surface area contributed by atoms with Crippen molar-refractivity contribution >= 4 is 5.91 Å². The molecule has 2 rings (SSSR count). The summed E-state index contributed by atoms with van der Waals surface area (Å²) in [6.07, 6.45) is 0.957. The van der Waals surface area contributed by atoms with Crippen LogP contribution in [0.5, 0.6) is 5.75 Å². The molecule has 5 heteroatoms. The summed E-state index contributed by atoms with van der Waals surface area (Å²) in [6.45, 7) is 2.74. The van der Waals surface area contributed by atoms with Crippen molar-refractivity contribution in [2.45, 2.75) is 13.0 Å². The minimum Gasteiger partial charge on any atom is -0.495 e. The molecule has 1 N–H and O–H groups in total. The van der Waals surface area contributed by atoms with E-state index in [0.29, 0.717) is 24.4 Å². The molecule has 0 bridgehead atoms. The lowest BCUT2D eigenvalue weighted by Crippen LogP contribution is -2.32. The van der Waals surface area contributed by atoms with Crippen LogP contribution in [0.1, 0.15) is 17.5 Å². The molecule has 0 aromatic heterocycles. The van der Waals surface area contributed by atoms with E-state index in [2.05, 4.69) is 16.3 Å². The van der Waals surface area contributed by atoms with Crippen molar-refractivity contribution in [3.05, 3.63) is 29.3 Å². The van der Waals surface area contributed by atoms with E-state index in [1.165, 1.54) is 0 Å². The summed E-state index contributed by atoms with van der Waals surface area (Å²) in [5, 5.41) is 11.8. The summed E-state index contributed by atoms with van der Waals surface area (Å²) >= 11 is 0. The Kier molecular flexibility index (Phi) is 4.37. The number of hydrogen-bond donors (Lipinski definition) is 1. The Morgan fingerprint density at radius 2 is 2.37 bits per heavy atom. The van der Waals surface area contributed by atoms with Gasteiger partial charge in [0, 0.05) is 19.6 Å². The standard InChI is InChI=1S/C14H17N3O2/c1-19-13-7-11(3-4-12(13)8-15)9-17-6-2-5-16-14(18)10-17/h3-4,7H,2,5-6,9-10H2,1H3,(H,16,18). The van der Waals surface area contributed by atoms with Gasteiger partial charge in [-0.1, -0.05) is 6.07 Å². The number of carbonyl (C=O) groups excluding carboxylic acids is 1. The molecule has 1 aromatic carbocycles. The van der Waals surface area contributed by atoms with E-state index < -0.39 is 0 Å². The van der Waals surface area contributed by atoms with Crippen LogP contribution < -0.4 is 10.1 Å². The summed E-state index contributed by atoms with van der Waals surface area (Å²) in [5.41, 5.74) is 1.57. The molecule has 1 aliphatic rings. The lowest BCUT2D eigenvalue weighted by molar-refractivity contribution is -0.121. The van der Waals surface area contributed by atoms with Gasteiger partial charge in [0.1, 0.15) is 11.8 Å². The molecular weight excluding hydrogens is 242 g/mol. The minimum absolute atomic E-state index is 0.0677. The number of nitrogens with one attached hydrogen (secondary N) is 1. The average Bonchev–Trinajstić information content (AvgIpc) is 2.63. The normalized spacial score (nSPS) is 16.3. The first-order valence-corrected chi connectivity index (χ1v) is 6.29. The topological polar surface area (TPSA) is 65.4 Å². The summed E-state index contributed by atoms with van der Waals surface area (Å²) in [7, 11) is 1.55. The van der Waals surface area contributed by atoms with Gasteiger partial charge in [0.25, 0.3) is 0 Å². The molecule has 100 valence electrons. The highest BCUT2D eigenvalue weighted by molar-refractivity contribution is 5.78. The Morgan fingerprint density at radius 1 is 1.53 bits per heavy atom. The van der Waals surface area contributed by atoms with Crippen molar-refractivity contribution in [2.75, 3.05) is 26.7 Å². The van der Waals surface area contributed by atoms with Crippen molar-refractivity contribution in [2.24, 2.45) is 0 Å². The van der Waals surface area contributed by atoms with Gasteiger partial charge in [-0.2, -0.15) is 5.26 Å². The maximum atomic E-state index is 11.5. The Bertz CT molecular complexity index is 508. The number of ether oxygens (including phenoxy) is 1. The molecule has 1 aliphatic heterocycles. The van der Waals surface area contributed by atoms with Crippen molar-refractivity contribution in [3.63, 3.8) is 0 Å². The number of hydrogen-bond acceptors (Lipinski definition) is 4. The van der Waals surface area contributed by atoms with Crippen LogP contribution in [0, 0.1) is 11.3 Å². The quantitative estimate of drug-likeness (QED) is 0.875. The largest absolute Gasteiger partial charge is 0.495 e. The highest BCUT2D eigenvalue weighted by Gasteiger charge is 2.15. The van der Waals surface area contributed by atoms with Gasteiger partial charge < -0.3 is 10.1 Å². The zero-order chi connectivity index (χ0) is 13.7. The molecule has 1 heterocycles. The van der Waals surface area contributed by atoms with Crippen LogP contribution in [-0.2, 0) is 11.3 Å². The van der Waals surface area contributed by atoms with E-state index in [1.54, 1.807) is 13.2 Å². The maximum absolute atomic E-state index is 11.5. The van der Waals surface area contributed by atoms with E-state index in [0.717, 1.165) is 25.1 Å². The van der Waals surface area contributed by atoms with Crippen LogP contribution in [-0.4, -0.2) is 37.6 Å². The van der Waals surface area contributed by atoms with Crippen LogP contribution in [0.25, 0.3) is 0 Å². The summed E-state index contributed by atoms with van der Waals surface area (Å²) in [4.78, 5) is 13.6. The number of amides is 1. The van der Waals surface area contributed by atoms with E-state index in [1.807, 2.05) is 12.1 Å². The molecule has 1 saturated heterocycles. The molecule has 1 fully saturated rings. The van der Waals surface area contributed by atoms with Gasteiger partial charge in [-0.3, -0.25) is 9.69 Å². The molecule has 1 aromatic rings. The molecule has 0 unspecified atom stereocenters. The zero-order valence-electron chi connectivity index (χ0n) is 11.0. The molecule has 5 nitrogen and oxygen atoms in total. The van der Waals surface area contributed by atoms with Crippen LogP contribution in [0.15, 0.2) is 18.2 Å². The number of benzene rings is 1. The predicted octanol–water partition coefficient (Wildman–Crippen LogP) is 0.889. The molecule has 1 amide bonds. The Morgan fingerprint density at radius 3 is 3.11 bits per heavy atom. The van der Waals surface area contributed by atoms with Gasteiger partial charge in [0.05, 0.1) is 19.2 Å². The van der Waals surface area contributed by atoms with Gasteiger partial charge >= 0.3 is 0 Å². The molecule has 0 radical (unpaired) electrons. The fourth-order valence-electron chi connectivity index (χ4n) is 2.19. The zero-order valence-corrected chi connectivity index (χ0v) is 11.0. The van der Waals surface area contributed by atoms with Gasteiger partial charge in [-0.25, -0.2) is 0 Å². The van der Waals surface area contributed by atoms with Crippen LogP contribution in [0.4, 0.5) is 0 Å². The number of nitrogens with zero attached hydrogens (tertiary/aromatic N) is 2. The SMILES string of the molecule is COc1cc(CN2CCCNC(=O)C2)ccc1C#N. The van der Waals surface area contributed by atoms with Crippen LogP contribution in [0.2, 0.25) is 0 Å². The Balaban J connectivity index is 2.10. The smallest absolute Gasteiger partial charge is 0.234 e. The first kappa shape index (κ1) is 13.4. The summed E-state index contributed by atoms with van der Waals surface area (Å²) < 4.78 is 5.19. The number of methoxy groups -OCH3 is 1. The molecule has 0 aliphatic carbocycles. The van der Waals surface area contributed by atoms with Crippen molar-refractivity contribution < 1.29 is 9.53 Å². The second-order valence-corrected chi connectivity index (χ2v) is 4.56. The molecule has 0 spiro atoms. The Labute approximate surface area is 112 Å². The number of rotatable bonds is 3. The lowest BCUT2D eigenvalue weighted by atomic mass is 10.1. The van der Waals surface area contributed by atoms with Crippen LogP contribution >= 0.6 is 0 Å². The third-order valence-corrected chi connectivity index (χ3v) is 3.13. The predicted molar refractivity (Wildman–Crippen MR) is 70.6 cm³/mol.